The van der Waals surface area contributed by atoms with Crippen LogP contribution in [-0.4, -0.2) is 64.3 Å². The maximum atomic E-state index is 9.82. The molecule has 0 bridgehead atoms. The molecule has 0 aliphatic carbocycles. The van der Waals surface area contributed by atoms with Gasteiger partial charge in [0.05, 0.1) is 11.3 Å². The number of anilines is 3. The SMILES string of the molecule is Cc1c(N2CCN(C)CC2)ccc(C#N)c1N1CCN(c2ccc(C(C)(C)C)cc2)CC1. The van der Waals surface area contributed by atoms with E-state index in [4.69, 9.17) is 0 Å². The molecule has 0 N–H and O–H groups in total. The fourth-order valence-corrected chi connectivity index (χ4v) is 4.94. The summed E-state index contributed by atoms with van der Waals surface area (Å²) in [5.41, 5.74) is 7.30. The van der Waals surface area contributed by atoms with Crippen molar-refractivity contribution < 1.29 is 0 Å². The zero-order valence-electron chi connectivity index (χ0n) is 20.4. The Morgan fingerprint density at radius 2 is 1.31 bits per heavy atom. The van der Waals surface area contributed by atoms with E-state index in [2.05, 4.69) is 90.7 Å². The van der Waals surface area contributed by atoms with E-state index in [1.807, 2.05) is 6.07 Å². The van der Waals surface area contributed by atoms with E-state index in [-0.39, 0.29) is 5.41 Å². The van der Waals surface area contributed by atoms with Crippen LogP contribution in [0.2, 0.25) is 0 Å². The van der Waals surface area contributed by atoms with E-state index < -0.39 is 0 Å². The second kappa shape index (κ2) is 9.03. The van der Waals surface area contributed by atoms with Gasteiger partial charge in [-0.2, -0.15) is 5.26 Å². The zero-order chi connectivity index (χ0) is 22.9. The van der Waals surface area contributed by atoms with Gasteiger partial charge in [-0.25, -0.2) is 0 Å². The molecule has 0 radical (unpaired) electrons. The van der Waals surface area contributed by atoms with Gasteiger partial charge in [-0.15, -0.1) is 0 Å². The van der Waals surface area contributed by atoms with Gasteiger partial charge in [0.25, 0.3) is 0 Å². The number of hydrogen-bond donors (Lipinski definition) is 0. The summed E-state index contributed by atoms with van der Waals surface area (Å²) in [4.78, 5) is 9.75. The molecule has 5 heteroatoms. The molecule has 5 nitrogen and oxygen atoms in total. The normalized spacial score (nSPS) is 18.1. The van der Waals surface area contributed by atoms with E-state index >= 15 is 0 Å². The first-order valence-electron chi connectivity index (χ1n) is 11.9. The quantitative estimate of drug-likeness (QED) is 0.726. The standard InChI is InChI=1S/C27H37N5/c1-21-25(31-14-12-29(5)13-15-31)11-6-22(20-28)26(21)32-18-16-30(17-19-32)24-9-7-23(8-10-24)27(2,3)4/h6-11H,12-19H2,1-5H3. The van der Waals surface area contributed by atoms with Crippen LogP contribution in [0.5, 0.6) is 0 Å². The predicted molar refractivity (Wildman–Crippen MR) is 135 cm³/mol. The fourth-order valence-electron chi connectivity index (χ4n) is 4.94. The predicted octanol–water partition coefficient (Wildman–Crippen LogP) is 4.24. The highest BCUT2D eigenvalue weighted by Crippen LogP contribution is 2.34. The minimum absolute atomic E-state index is 0.178. The molecule has 2 fully saturated rings. The molecule has 0 spiro atoms. The Balaban J connectivity index is 1.50. The summed E-state index contributed by atoms with van der Waals surface area (Å²) >= 11 is 0. The summed E-state index contributed by atoms with van der Waals surface area (Å²) in [7, 11) is 2.19. The van der Waals surface area contributed by atoms with Crippen molar-refractivity contribution in [1.29, 1.82) is 5.26 Å². The first kappa shape index (κ1) is 22.5. The zero-order valence-corrected chi connectivity index (χ0v) is 20.4. The molecule has 2 aliphatic rings. The van der Waals surface area contributed by atoms with Gasteiger partial charge in [0.15, 0.2) is 0 Å². The Hall–Kier alpha value is -2.71. The lowest BCUT2D eigenvalue weighted by atomic mass is 9.87. The van der Waals surface area contributed by atoms with Crippen LogP contribution >= 0.6 is 0 Å². The van der Waals surface area contributed by atoms with Crippen LogP contribution < -0.4 is 14.7 Å². The van der Waals surface area contributed by atoms with Crippen LogP contribution in [0.4, 0.5) is 17.1 Å². The molecule has 0 saturated carbocycles. The van der Waals surface area contributed by atoms with Crippen molar-refractivity contribution >= 4 is 17.1 Å². The van der Waals surface area contributed by atoms with Crippen molar-refractivity contribution in [3.63, 3.8) is 0 Å². The molecule has 2 heterocycles. The Labute approximate surface area is 193 Å². The fraction of sp³-hybridized carbons (Fsp3) is 0.519. The average molecular weight is 432 g/mol. The van der Waals surface area contributed by atoms with Gasteiger partial charge < -0.3 is 19.6 Å². The first-order valence-corrected chi connectivity index (χ1v) is 11.9. The summed E-state index contributed by atoms with van der Waals surface area (Å²) in [6, 6.07) is 15.7. The lowest BCUT2D eigenvalue weighted by Gasteiger charge is -2.40. The highest BCUT2D eigenvalue weighted by Gasteiger charge is 2.25. The van der Waals surface area contributed by atoms with E-state index in [9.17, 15) is 5.26 Å². The second-order valence-corrected chi connectivity index (χ2v) is 10.3. The summed E-state index contributed by atoms with van der Waals surface area (Å²) in [6.07, 6.45) is 0. The first-order chi connectivity index (χ1) is 15.3. The van der Waals surface area contributed by atoms with Crippen molar-refractivity contribution in [2.45, 2.75) is 33.1 Å². The summed E-state index contributed by atoms with van der Waals surface area (Å²) < 4.78 is 0. The smallest absolute Gasteiger partial charge is 0.101 e. The molecule has 0 atom stereocenters. The number of piperazine rings is 2. The molecule has 32 heavy (non-hydrogen) atoms. The van der Waals surface area contributed by atoms with E-state index in [0.29, 0.717) is 0 Å². The Morgan fingerprint density at radius 1 is 0.750 bits per heavy atom. The monoisotopic (exact) mass is 431 g/mol. The van der Waals surface area contributed by atoms with Crippen LogP contribution in [0.25, 0.3) is 0 Å². The molecule has 2 aromatic rings. The molecule has 2 aliphatic heterocycles. The van der Waals surface area contributed by atoms with E-state index in [1.165, 1.54) is 22.5 Å². The van der Waals surface area contributed by atoms with Gasteiger partial charge in [-0.05, 0) is 54.8 Å². The molecule has 2 aromatic carbocycles. The minimum Gasteiger partial charge on any atom is -0.369 e. The Morgan fingerprint density at radius 3 is 1.88 bits per heavy atom. The molecule has 2 saturated heterocycles. The number of hydrogen-bond acceptors (Lipinski definition) is 5. The highest BCUT2D eigenvalue weighted by atomic mass is 15.3. The van der Waals surface area contributed by atoms with Gasteiger partial charge >= 0.3 is 0 Å². The molecule has 170 valence electrons. The van der Waals surface area contributed by atoms with Crippen LogP contribution in [0, 0.1) is 18.3 Å². The lowest BCUT2D eigenvalue weighted by molar-refractivity contribution is 0.312. The summed E-state index contributed by atoms with van der Waals surface area (Å²) in [5, 5.41) is 9.82. The van der Waals surface area contributed by atoms with Crippen molar-refractivity contribution in [2.75, 3.05) is 74.1 Å². The van der Waals surface area contributed by atoms with Crippen molar-refractivity contribution in [1.82, 2.24) is 4.90 Å². The lowest BCUT2D eigenvalue weighted by Crippen LogP contribution is -2.47. The number of nitrogens with zero attached hydrogens (tertiary/aromatic N) is 5. The molecular weight excluding hydrogens is 394 g/mol. The van der Waals surface area contributed by atoms with E-state index in [0.717, 1.165) is 63.6 Å². The number of rotatable bonds is 3. The number of benzene rings is 2. The Kier molecular flexibility index (Phi) is 6.35. The maximum Gasteiger partial charge on any atom is 0.101 e. The average Bonchev–Trinajstić information content (AvgIpc) is 2.79. The van der Waals surface area contributed by atoms with Gasteiger partial charge in [0, 0.05) is 63.7 Å². The largest absolute Gasteiger partial charge is 0.369 e. The third-order valence-corrected chi connectivity index (χ3v) is 7.06. The number of nitriles is 1. The third-order valence-electron chi connectivity index (χ3n) is 7.06. The van der Waals surface area contributed by atoms with Crippen LogP contribution in [-0.2, 0) is 5.41 Å². The maximum absolute atomic E-state index is 9.82. The molecule has 0 amide bonds. The van der Waals surface area contributed by atoms with Gasteiger partial charge in [0.2, 0.25) is 0 Å². The van der Waals surface area contributed by atoms with E-state index in [1.54, 1.807) is 0 Å². The minimum atomic E-state index is 0.178. The topological polar surface area (TPSA) is 36.8 Å². The third kappa shape index (κ3) is 4.56. The number of likely N-dealkylation sites (N-methyl/N-ethyl adjacent to an activating group) is 1. The van der Waals surface area contributed by atoms with Gasteiger partial charge in [-0.1, -0.05) is 32.9 Å². The van der Waals surface area contributed by atoms with Crippen LogP contribution in [0.1, 0.15) is 37.5 Å². The second-order valence-electron chi connectivity index (χ2n) is 10.3. The van der Waals surface area contributed by atoms with Crippen LogP contribution in [0.3, 0.4) is 0 Å². The molecular formula is C27H37N5. The van der Waals surface area contributed by atoms with Crippen molar-refractivity contribution in [2.24, 2.45) is 0 Å². The van der Waals surface area contributed by atoms with Gasteiger partial charge in [0.1, 0.15) is 6.07 Å². The Bertz CT molecular complexity index is 967. The molecule has 4 rings (SSSR count). The molecule has 0 aromatic heterocycles. The summed E-state index contributed by atoms with van der Waals surface area (Å²) in [5.74, 6) is 0. The highest BCUT2D eigenvalue weighted by molar-refractivity contribution is 5.74. The van der Waals surface area contributed by atoms with Gasteiger partial charge in [-0.3, -0.25) is 0 Å². The summed E-state index contributed by atoms with van der Waals surface area (Å²) in [6.45, 7) is 17.0. The molecule has 0 unspecified atom stereocenters. The van der Waals surface area contributed by atoms with Crippen molar-refractivity contribution in [3.8, 4) is 6.07 Å². The van der Waals surface area contributed by atoms with Crippen molar-refractivity contribution in [3.05, 3.63) is 53.1 Å². The van der Waals surface area contributed by atoms with Crippen LogP contribution in [0.15, 0.2) is 36.4 Å².